The molecule has 1 aromatic carbocycles. The summed E-state index contributed by atoms with van der Waals surface area (Å²) in [4.78, 5) is 11.0. The molecule has 0 fully saturated rings. The summed E-state index contributed by atoms with van der Waals surface area (Å²) >= 11 is 0. The van der Waals surface area contributed by atoms with E-state index in [0.29, 0.717) is 12.2 Å². The number of nitrogens with one attached hydrogen (secondary N) is 1. The lowest BCUT2D eigenvalue weighted by Crippen LogP contribution is -2.40. The highest BCUT2D eigenvalue weighted by molar-refractivity contribution is 7.89. The number of hydrogen-bond donors (Lipinski definition) is 2. The van der Waals surface area contributed by atoms with Gasteiger partial charge < -0.3 is 9.84 Å². The van der Waals surface area contributed by atoms with E-state index in [-0.39, 0.29) is 29.6 Å². The van der Waals surface area contributed by atoms with Crippen molar-refractivity contribution in [3.05, 3.63) is 24.3 Å². The molecule has 2 N–H and O–H groups in total. The molecule has 1 rings (SSSR count). The SMILES string of the molecule is CCCC(NS(=O)(=O)c1ccc(OC)cc1)C(C)CC(=O)O.Cl. The number of methoxy groups -OCH3 is 1. The fourth-order valence-corrected chi connectivity index (χ4v) is 3.59. The number of sulfonamides is 1. The maximum Gasteiger partial charge on any atom is 0.303 e. The summed E-state index contributed by atoms with van der Waals surface area (Å²) in [6.07, 6.45) is 1.28. The van der Waals surface area contributed by atoms with Gasteiger partial charge in [0.2, 0.25) is 10.0 Å². The number of rotatable bonds is 9. The number of carbonyl (C=O) groups is 1. The van der Waals surface area contributed by atoms with E-state index in [1.54, 1.807) is 19.1 Å². The molecule has 8 heteroatoms. The van der Waals surface area contributed by atoms with Crippen LogP contribution >= 0.6 is 12.4 Å². The minimum atomic E-state index is -3.69. The first-order valence-electron chi connectivity index (χ1n) is 7.18. The van der Waals surface area contributed by atoms with Crippen LogP contribution in [0.2, 0.25) is 0 Å². The number of aliphatic carboxylic acids is 1. The fraction of sp³-hybridized carbons (Fsp3) is 0.533. The molecule has 0 saturated heterocycles. The Kier molecular flexibility index (Phi) is 9.19. The van der Waals surface area contributed by atoms with Crippen LogP contribution in [-0.4, -0.2) is 32.6 Å². The summed E-state index contributed by atoms with van der Waals surface area (Å²) < 4.78 is 32.4. The molecular weight excluding hydrogens is 342 g/mol. The standard InChI is InChI=1S/C15H23NO5S.ClH/c1-4-5-14(11(2)10-15(17)18)16-22(19,20)13-8-6-12(21-3)7-9-13;/h6-9,11,14,16H,4-5,10H2,1-3H3,(H,17,18);1H. The molecule has 0 aliphatic rings. The van der Waals surface area contributed by atoms with Crippen molar-refractivity contribution >= 4 is 28.4 Å². The van der Waals surface area contributed by atoms with E-state index in [9.17, 15) is 13.2 Å². The van der Waals surface area contributed by atoms with Gasteiger partial charge in [0, 0.05) is 12.5 Å². The van der Waals surface area contributed by atoms with Crippen molar-refractivity contribution in [3.63, 3.8) is 0 Å². The molecule has 0 heterocycles. The lowest BCUT2D eigenvalue weighted by molar-refractivity contribution is -0.138. The quantitative estimate of drug-likeness (QED) is 0.701. The van der Waals surface area contributed by atoms with E-state index in [2.05, 4.69) is 4.72 Å². The minimum absolute atomic E-state index is 0. The summed E-state index contributed by atoms with van der Waals surface area (Å²) in [7, 11) is -2.18. The molecule has 2 atom stereocenters. The zero-order valence-electron chi connectivity index (χ0n) is 13.5. The molecule has 0 bridgehead atoms. The lowest BCUT2D eigenvalue weighted by atomic mass is 9.96. The third-order valence-corrected chi connectivity index (χ3v) is 4.97. The normalized spacial score (nSPS) is 13.7. The van der Waals surface area contributed by atoms with E-state index in [1.807, 2.05) is 6.92 Å². The van der Waals surface area contributed by atoms with Gasteiger partial charge in [-0.3, -0.25) is 4.79 Å². The molecule has 0 aromatic heterocycles. The number of hydrogen-bond acceptors (Lipinski definition) is 4. The highest BCUT2D eigenvalue weighted by Crippen LogP contribution is 2.19. The van der Waals surface area contributed by atoms with E-state index < -0.39 is 22.0 Å². The molecule has 0 spiro atoms. The average Bonchev–Trinajstić information content (AvgIpc) is 2.46. The van der Waals surface area contributed by atoms with Gasteiger partial charge in [0.15, 0.2) is 0 Å². The van der Waals surface area contributed by atoms with Crippen LogP contribution < -0.4 is 9.46 Å². The van der Waals surface area contributed by atoms with Gasteiger partial charge in [-0.2, -0.15) is 0 Å². The zero-order chi connectivity index (χ0) is 16.8. The maximum atomic E-state index is 12.4. The summed E-state index contributed by atoms with van der Waals surface area (Å²) in [6.45, 7) is 3.67. The summed E-state index contributed by atoms with van der Waals surface area (Å²) in [6, 6.07) is 5.67. The second-order valence-corrected chi connectivity index (χ2v) is 6.98. The monoisotopic (exact) mass is 365 g/mol. The molecule has 0 aliphatic carbocycles. The smallest absolute Gasteiger partial charge is 0.303 e. The van der Waals surface area contributed by atoms with E-state index in [4.69, 9.17) is 9.84 Å². The van der Waals surface area contributed by atoms with Gasteiger partial charge in [-0.15, -0.1) is 12.4 Å². The largest absolute Gasteiger partial charge is 0.497 e. The van der Waals surface area contributed by atoms with Crippen LogP contribution in [0.25, 0.3) is 0 Å². The first-order valence-corrected chi connectivity index (χ1v) is 8.66. The summed E-state index contributed by atoms with van der Waals surface area (Å²) in [5, 5.41) is 8.88. The van der Waals surface area contributed by atoms with Gasteiger partial charge in [0.1, 0.15) is 5.75 Å². The topological polar surface area (TPSA) is 92.7 Å². The number of carboxylic acid groups (broad SMARTS) is 1. The number of benzene rings is 1. The summed E-state index contributed by atoms with van der Waals surface area (Å²) in [5.74, 6) is -0.647. The lowest BCUT2D eigenvalue weighted by Gasteiger charge is -2.23. The maximum absolute atomic E-state index is 12.4. The second-order valence-electron chi connectivity index (χ2n) is 5.27. The Morgan fingerprint density at radius 3 is 2.30 bits per heavy atom. The Balaban J connectivity index is 0.00000484. The predicted molar refractivity (Wildman–Crippen MR) is 90.7 cm³/mol. The second kappa shape index (κ2) is 9.75. The van der Waals surface area contributed by atoms with Crippen molar-refractivity contribution < 1.29 is 23.1 Å². The number of ether oxygens (including phenoxy) is 1. The first-order chi connectivity index (χ1) is 10.3. The molecule has 0 radical (unpaired) electrons. The van der Waals surface area contributed by atoms with Crippen molar-refractivity contribution in [3.8, 4) is 5.75 Å². The van der Waals surface area contributed by atoms with Crippen LogP contribution in [0.15, 0.2) is 29.2 Å². The van der Waals surface area contributed by atoms with Crippen molar-refractivity contribution in [2.75, 3.05) is 7.11 Å². The van der Waals surface area contributed by atoms with Crippen molar-refractivity contribution in [1.29, 1.82) is 0 Å². The van der Waals surface area contributed by atoms with Crippen LogP contribution in [0.1, 0.15) is 33.1 Å². The molecule has 0 aliphatic heterocycles. The van der Waals surface area contributed by atoms with E-state index in [0.717, 1.165) is 6.42 Å². The number of halogens is 1. The van der Waals surface area contributed by atoms with E-state index >= 15 is 0 Å². The highest BCUT2D eigenvalue weighted by Gasteiger charge is 2.25. The summed E-state index contributed by atoms with van der Waals surface area (Å²) in [5.41, 5.74) is 0. The molecule has 23 heavy (non-hydrogen) atoms. The molecule has 132 valence electrons. The van der Waals surface area contributed by atoms with Gasteiger partial charge in [-0.1, -0.05) is 20.3 Å². The molecule has 0 amide bonds. The van der Waals surface area contributed by atoms with Crippen LogP contribution in [0.3, 0.4) is 0 Å². The van der Waals surface area contributed by atoms with Crippen LogP contribution in [0, 0.1) is 5.92 Å². The Hall–Kier alpha value is -1.31. The fourth-order valence-electron chi connectivity index (χ4n) is 2.21. The van der Waals surface area contributed by atoms with Gasteiger partial charge in [0.05, 0.1) is 12.0 Å². The van der Waals surface area contributed by atoms with Crippen molar-refractivity contribution in [1.82, 2.24) is 4.72 Å². The molecule has 0 saturated carbocycles. The molecule has 1 aromatic rings. The van der Waals surface area contributed by atoms with Crippen molar-refractivity contribution in [2.45, 2.75) is 44.0 Å². The average molecular weight is 366 g/mol. The Bertz CT molecular complexity index is 588. The van der Waals surface area contributed by atoms with Crippen LogP contribution in [0.4, 0.5) is 0 Å². The molecular formula is C15H24ClNO5S. The highest BCUT2D eigenvalue weighted by atomic mass is 35.5. The van der Waals surface area contributed by atoms with Gasteiger partial charge in [-0.05, 0) is 36.6 Å². The van der Waals surface area contributed by atoms with Crippen molar-refractivity contribution in [2.24, 2.45) is 5.92 Å². The molecule has 2 unspecified atom stereocenters. The number of carboxylic acids is 1. The molecule has 6 nitrogen and oxygen atoms in total. The van der Waals surface area contributed by atoms with Crippen LogP contribution in [0.5, 0.6) is 5.75 Å². The van der Waals surface area contributed by atoms with Crippen LogP contribution in [-0.2, 0) is 14.8 Å². The van der Waals surface area contributed by atoms with Gasteiger partial charge >= 0.3 is 5.97 Å². The van der Waals surface area contributed by atoms with E-state index in [1.165, 1.54) is 19.2 Å². The third-order valence-electron chi connectivity index (χ3n) is 3.46. The first kappa shape index (κ1) is 21.7. The minimum Gasteiger partial charge on any atom is -0.497 e. The Morgan fingerprint density at radius 2 is 1.87 bits per heavy atom. The van der Waals surface area contributed by atoms with Gasteiger partial charge in [0.25, 0.3) is 0 Å². The third kappa shape index (κ3) is 6.76. The Labute approximate surface area is 143 Å². The zero-order valence-corrected chi connectivity index (χ0v) is 15.1. The Morgan fingerprint density at radius 1 is 1.30 bits per heavy atom. The predicted octanol–water partition coefficient (Wildman–Crippen LogP) is 2.67. The van der Waals surface area contributed by atoms with Gasteiger partial charge in [-0.25, -0.2) is 13.1 Å².